The molecule has 0 N–H and O–H groups in total. The van der Waals surface area contributed by atoms with E-state index >= 15 is 0 Å². The molecular weight excluding hydrogens is 394 g/mol. The quantitative estimate of drug-likeness (QED) is 0.637. The SMILES string of the molecule is CN(C)C(=O)c1cncc(N2C[C@@H]3C[C@H](C2)c2ccc(-c4nccn4C)c(=O)n2C3)n1. The van der Waals surface area contributed by atoms with E-state index in [1.165, 1.54) is 11.1 Å². The Hall–Kier alpha value is -3.49. The Kier molecular flexibility index (Phi) is 4.60. The third-order valence-corrected chi connectivity index (χ3v) is 6.24. The third kappa shape index (κ3) is 3.30. The molecule has 2 bridgehead atoms. The molecule has 1 fully saturated rings. The number of hydrogen-bond acceptors (Lipinski definition) is 6. The van der Waals surface area contributed by atoms with Crippen LogP contribution in [-0.4, -0.2) is 62.1 Å². The van der Waals surface area contributed by atoms with Crippen LogP contribution in [0.5, 0.6) is 0 Å². The van der Waals surface area contributed by atoms with Gasteiger partial charge < -0.3 is 18.9 Å². The number of carbonyl (C=O) groups is 1. The molecule has 5 rings (SSSR count). The van der Waals surface area contributed by atoms with Gasteiger partial charge in [0.05, 0.1) is 18.0 Å². The molecule has 0 spiro atoms. The number of aryl methyl sites for hydroxylation is 1. The number of pyridine rings is 1. The van der Waals surface area contributed by atoms with Crippen molar-refractivity contribution in [3.8, 4) is 11.4 Å². The van der Waals surface area contributed by atoms with E-state index in [0.717, 1.165) is 25.2 Å². The van der Waals surface area contributed by atoms with Crippen molar-refractivity contribution in [3.05, 3.63) is 58.7 Å². The van der Waals surface area contributed by atoms with E-state index in [0.29, 0.717) is 35.4 Å². The summed E-state index contributed by atoms with van der Waals surface area (Å²) in [4.78, 5) is 42.4. The van der Waals surface area contributed by atoms with Crippen LogP contribution in [0, 0.1) is 5.92 Å². The minimum atomic E-state index is -0.162. The number of piperidine rings is 1. The fourth-order valence-corrected chi connectivity index (χ4v) is 4.77. The molecule has 9 heteroatoms. The van der Waals surface area contributed by atoms with Gasteiger partial charge in [-0.1, -0.05) is 0 Å². The minimum absolute atomic E-state index is 0.0216. The van der Waals surface area contributed by atoms with Crippen LogP contribution in [0.2, 0.25) is 0 Å². The van der Waals surface area contributed by atoms with Gasteiger partial charge in [-0.2, -0.15) is 0 Å². The lowest BCUT2D eigenvalue weighted by atomic mass is 9.83. The summed E-state index contributed by atoms with van der Waals surface area (Å²) in [5.74, 6) is 1.80. The highest BCUT2D eigenvalue weighted by Gasteiger charge is 2.36. The Bertz CT molecular complexity index is 1210. The molecule has 3 aromatic heterocycles. The van der Waals surface area contributed by atoms with E-state index in [-0.39, 0.29) is 17.4 Å². The molecule has 0 unspecified atom stereocenters. The van der Waals surface area contributed by atoms with E-state index in [4.69, 9.17) is 0 Å². The molecule has 2 aliphatic heterocycles. The summed E-state index contributed by atoms with van der Waals surface area (Å²) in [7, 11) is 5.31. The van der Waals surface area contributed by atoms with Crippen molar-refractivity contribution < 1.29 is 4.79 Å². The predicted octanol–water partition coefficient (Wildman–Crippen LogP) is 1.36. The van der Waals surface area contributed by atoms with E-state index in [2.05, 4.69) is 25.9 Å². The van der Waals surface area contributed by atoms with Crippen LogP contribution in [-0.2, 0) is 13.6 Å². The van der Waals surface area contributed by atoms with Gasteiger partial charge in [0.1, 0.15) is 17.3 Å². The summed E-state index contributed by atoms with van der Waals surface area (Å²) >= 11 is 0. The molecule has 9 nitrogen and oxygen atoms in total. The lowest BCUT2D eigenvalue weighted by Gasteiger charge is -2.43. The molecule has 1 amide bonds. The fourth-order valence-electron chi connectivity index (χ4n) is 4.77. The highest BCUT2D eigenvalue weighted by atomic mass is 16.2. The zero-order chi connectivity index (χ0) is 21.7. The topological polar surface area (TPSA) is 89.2 Å². The molecule has 0 saturated carbocycles. The number of rotatable bonds is 3. The maximum Gasteiger partial charge on any atom is 0.273 e. The van der Waals surface area contributed by atoms with Crippen molar-refractivity contribution in [2.45, 2.75) is 18.9 Å². The van der Waals surface area contributed by atoms with Crippen LogP contribution in [0.4, 0.5) is 5.82 Å². The standard InChI is InChI=1S/C22H25N7O2/c1-26(2)22(31)17-9-23-10-19(25-17)28-11-14-8-15(13-28)18-5-4-16(21(30)29(18)12-14)20-24-6-7-27(20)3/h4-7,9-10,14-15H,8,11-13H2,1-3H3/t14-,15+/m0/s1. The summed E-state index contributed by atoms with van der Waals surface area (Å²) in [6.45, 7) is 2.19. The first-order chi connectivity index (χ1) is 14.9. The predicted molar refractivity (Wildman–Crippen MR) is 116 cm³/mol. The Morgan fingerprint density at radius 1 is 1.16 bits per heavy atom. The Balaban J connectivity index is 1.46. The van der Waals surface area contributed by atoms with Crippen LogP contribution in [0.25, 0.3) is 11.4 Å². The summed E-state index contributed by atoms with van der Waals surface area (Å²) < 4.78 is 3.80. The highest BCUT2D eigenvalue weighted by molar-refractivity contribution is 5.91. The third-order valence-electron chi connectivity index (χ3n) is 6.24. The Morgan fingerprint density at radius 2 is 2.00 bits per heavy atom. The molecule has 1 saturated heterocycles. The minimum Gasteiger partial charge on any atom is -0.354 e. The van der Waals surface area contributed by atoms with Gasteiger partial charge in [0.25, 0.3) is 11.5 Å². The lowest BCUT2D eigenvalue weighted by molar-refractivity contribution is 0.0821. The zero-order valence-electron chi connectivity index (χ0n) is 17.9. The smallest absolute Gasteiger partial charge is 0.273 e. The molecule has 0 aromatic carbocycles. The number of aromatic nitrogens is 5. The van der Waals surface area contributed by atoms with Crippen molar-refractivity contribution in [1.29, 1.82) is 0 Å². The summed E-state index contributed by atoms with van der Waals surface area (Å²) in [5.41, 5.74) is 2.05. The summed E-state index contributed by atoms with van der Waals surface area (Å²) in [6.07, 6.45) is 7.82. The number of amides is 1. The normalized spacial score (nSPS) is 19.8. The number of fused-ring (bicyclic) bond motifs is 4. The molecule has 31 heavy (non-hydrogen) atoms. The van der Waals surface area contributed by atoms with Gasteiger partial charge >= 0.3 is 0 Å². The van der Waals surface area contributed by atoms with Gasteiger partial charge in [0, 0.05) is 64.8 Å². The van der Waals surface area contributed by atoms with Crippen LogP contribution >= 0.6 is 0 Å². The second kappa shape index (κ2) is 7.33. The van der Waals surface area contributed by atoms with Crippen molar-refractivity contribution >= 4 is 11.7 Å². The van der Waals surface area contributed by atoms with Gasteiger partial charge in [0.15, 0.2) is 0 Å². The maximum atomic E-state index is 13.3. The number of nitrogens with zero attached hydrogens (tertiary/aromatic N) is 7. The van der Waals surface area contributed by atoms with E-state index in [1.54, 1.807) is 26.5 Å². The second-order valence-electron chi connectivity index (χ2n) is 8.62. The molecular formula is C22H25N7O2. The van der Waals surface area contributed by atoms with Crippen molar-refractivity contribution in [2.75, 3.05) is 32.1 Å². The first kappa shape index (κ1) is 19.5. The van der Waals surface area contributed by atoms with E-state index in [1.807, 2.05) is 28.4 Å². The van der Waals surface area contributed by atoms with Gasteiger partial charge in [-0.3, -0.25) is 14.6 Å². The second-order valence-corrected chi connectivity index (χ2v) is 8.62. The van der Waals surface area contributed by atoms with Gasteiger partial charge in [-0.25, -0.2) is 9.97 Å². The number of anilines is 1. The molecule has 160 valence electrons. The van der Waals surface area contributed by atoms with Crippen molar-refractivity contribution in [2.24, 2.45) is 13.0 Å². The molecule has 2 aliphatic rings. The van der Waals surface area contributed by atoms with E-state index in [9.17, 15) is 9.59 Å². The van der Waals surface area contributed by atoms with Crippen molar-refractivity contribution in [3.63, 3.8) is 0 Å². The van der Waals surface area contributed by atoms with Crippen LogP contribution in [0.1, 0.15) is 28.5 Å². The van der Waals surface area contributed by atoms with Gasteiger partial charge in [0.2, 0.25) is 0 Å². The summed E-state index contributed by atoms with van der Waals surface area (Å²) in [6, 6.07) is 3.96. The zero-order valence-corrected chi connectivity index (χ0v) is 17.9. The van der Waals surface area contributed by atoms with Gasteiger partial charge in [-0.05, 0) is 24.5 Å². The number of hydrogen-bond donors (Lipinski definition) is 0. The molecule has 0 aliphatic carbocycles. The first-order valence-electron chi connectivity index (χ1n) is 10.4. The van der Waals surface area contributed by atoms with Crippen LogP contribution in [0.3, 0.4) is 0 Å². The van der Waals surface area contributed by atoms with Crippen molar-refractivity contribution in [1.82, 2.24) is 29.0 Å². The molecule has 0 radical (unpaired) electrons. The maximum absolute atomic E-state index is 13.3. The monoisotopic (exact) mass is 419 g/mol. The van der Waals surface area contributed by atoms with Crippen LogP contribution in [0.15, 0.2) is 41.7 Å². The van der Waals surface area contributed by atoms with Gasteiger partial charge in [-0.15, -0.1) is 0 Å². The molecule has 2 atom stereocenters. The fraction of sp³-hybridized carbons (Fsp3) is 0.409. The number of carbonyl (C=O) groups excluding carboxylic acids is 1. The van der Waals surface area contributed by atoms with Crippen LogP contribution < -0.4 is 10.5 Å². The average Bonchev–Trinajstić information content (AvgIpc) is 3.19. The molecule has 3 aromatic rings. The lowest BCUT2D eigenvalue weighted by Crippen LogP contribution is -2.47. The summed E-state index contributed by atoms with van der Waals surface area (Å²) in [5, 5.41) is 0. The number of imidazole rings is 1. The van der Waals surface area contributed by atoms with E-state index < -0.39 is 0 Å². The highest BCUT2D eigenvalue weighted by Crippen LogP contribution is 2.37. The molecule has 5 heterocycles. The Labute approximate surface area is 180 Å². The largest absolute Gasteiger partial charge is 0.354 e. The Morgan fingerprint density at radius 3 is 2.74 bits per heavy atom. The first-order valence-corrected chi connectivity index (χ1v) is 10.4. The average molecular weight is 419 g/mol.